The first kappa shape index (κ1) is 12.9. The van der Waals surface area contributed by atoms with Gasteiger partial charge in [-0.1, -0.05) is 24.3 Å². The maximum Gasteiger partial charge on any atom is 0.155 e. The van der Waals surface area contributed by atoms with Crippen LogP contribution in [-0.4, -0.2) is 14.8 Å². The van der Waals surface area contributed by atoms with Gasteiger partial charge in [-0.2, -0.15) is 9.78 Å². The third kappa shape index (κ3) is 2.32. The fourth-order valence-corrected chi connectivity index (χ4v) is 2.30. The van der Waals surface area contributed by atoms with Gasteiger partial charge in [-0.15, -0.1) is 0 Å². The molecule has 0 saturated carbocycles. The Kier molecular flexibility index (Phi) is 3.28. The van der Waals surface area contributed by atoms with E-state index in [1.807, 2.05) is 36.4 Å². The zero-order chi connectivity index (χ0) is 14.1. The van der Waals surface area contributed by atoms with E-state index >= 15 is 0 Å². The molecular formula is C15H13BrN4. The Bertz CT molecular complexity index is 747. The van der Waals surface area contributed by atoms with E-state index in [1.54, 1.807) is 10.9 Å². The largest absolute Gasteiger partial charge is 0.384 e. The second-order valence-corrected chi connectivity index (χ2v) is 5.43. The average molecular weight is 329 g/mol. The number of hydrogen-bond donors (Lipinski definition) is 1. The van der Waals surface area contributed by atoms with Crippen molar-refractivity contribution in [1.82, 2.24) is 14.8 Å². The number of aryl methyl sites for hydroxylation is 1. The lowest BCUT2D eigenvalue weighted by Gasteiger charge is -2.03. The maximum atomic E-state index is 6.05. The Labute approximate surface area is 125 Å². The van der Waals surface area contributed by atoms with E-state index in [1.165, 1.54) is 5.56 Å². The monoisotopic (exact) mass is 328 g/mol. The first-order chi connectivity index (χ1) is 9.65. The van der Waals surface area contributed by atoms with Crippen molar-refractivity contribution in [3.8, 4) is 17.1 Å². The third-order valence-corrected chi connectivity index (χ3v) is 3.56. The first-order valence-corrected chi connectivity index (χ1v) is 6.98. The van der Waals surface area contributed by atoms with Gasteiger partial charge in [-0.25, -0.2) is 4.98 Å². The highest BCUT2D eigenvalue weighted by atomic mass is 79.9. The van der Waals surface area contributed by atoms with E-state index in [4.69, 9.17) is 5.73 Å². The molecule has 5 heteroatoms. The van der Waals surface area contributed by atoms with Gasteiger partial charge in [-0.3, -0.25) is 0 Å². The lowest BCUT2D eigenvalue weighted by atomic mass is 10.1. The minimum absolute atomic E-state index is 0.568. The Morgan fingerprint density at radius 3 is 2.65 bits per heavy atom. The van der Waals surface area contributed by atoms with Gasteiger partial charge in [0.15, 0.2) is 5.82 Å². The van der Waals surface area contributed by atoms with Gasteiger partial charge >= 0.3 is 0 Å². The number of benzene rings is 1. The van der Waals surface area contributed by atoms with Crippen LogP contribution in [0.3, 0.4) is 0 Å². The van der Waals surface area contributed by atoms with Crippen LogP contribution in [-0.2, 0) is 0 Å². The Balaban J connectivity index is 2.08. The minimum atomic E-state index is 0.568. The van der Waals surface area contributed by atoms with Crippen LogP contribution >= 0.6 is 15.9 Å². The number of nitrogen functional groups attached to an aromatic ring is 1. The molecule has 2 heterocycles. The van der Waals surface area contributed by atoms with Crippen molar-refractivity contribution in [2.75, 3.05) is 5.73 Å². The summed E-state index contributed by atoms with van der Waals surface area (Å²) in [4.78, 5) is 4.31. The number of rotatable bonds is 2. The molecule has 4 nitrogen and oxygen atoms in total. The third-order valence-electron chi connectivity index (χ3n) is 3.09. The van der Waals surface area contributed by atoms with Crippen molar-refractivity contribution in [3.05, 3.63) is 58.7 Å². The molecule has 3 aromatic rings. The summed E-state index contributed by atoms with van der Waals surface area (Å²) in [6, 6.07) is 13.8. The Morgan fingerprint density at radius 2 is 1.95 bits per heavy atom. The molecule has 0 fully saturated rings. The smallest absolute Gasteiger partial charge is 0.155 e. The van der Waals surface area contributed by atoms with Gasteiger partial charge in [0.25, 0.3) is 0 Å². The Hall–Kier alpha value is -2.14. The summed E-state index contributed by atoms with van der Waals surface area (Å²) < 4.78 is 2.57. The summed E-state index contributed by atoms with van der Waals surface area (Å²) in [6.07, 6.45) is 1.73. The molecule has 0 unspecified atom stereocenters. The molecule has 20 heavy (non-hydrogen) atoms. The molecule has 2 aromatic heterocycles. The molecule has 0 saturated heterocycles. The molecule has 0 amide bonds. The number of pyridine rings is 1. The highest BCUT2D eigenvalue weighted by Crippen LogP contribution is 2.25. The van der Waals surface area contributed by atoms with Crippen LogP contribution < -0.4 is 5.73 Å². The molecule has 0 atom stereocenters. The minimum Gasteiger partial charge on any atom is -0.384 e. The van der Waals surface area contributed by atoms with Gasteiger partial charge in [0.05, 0.1) is 5.69 Å². The molecule has 0 aliphatic heterocycles. The highest BCUT2D eigenvalue weighted by Gasteiger charge is 2.10. The quantitative estimate of drug-likeness (QED) is 0.782. The predicted molar refractivity (Wildman–Crippen MR) is 83.6 cm³/mol. The van der Waals surface area contributed by atoms with Crippen molar-refractivity contribution in [2.45, 2.75) is 6.92 Å². The molecule has 0 radical (unpaired) electrons. The standard InChI is InChI=1S/C15H13BrN4/c1-10-4-2-3-5-12(10)13-8-14(17)20(19-13)15-7-6-11(16)9-18-15/h2-9H,17H2,1H3. The summed E-state index contributed by atoms with van der Waals surface area (Å²) in [6.45, 7) is 2.06. The van der Waals surface area contributed by atoms with E-state index in [0.29, 0.717) is 11.6 Å². The van der Waals surface area contributed by atoms with Crippen LogP contribution in [0.5, 0.6) is 0 Å². The Morgan fingerprint density at radius 1 is 1.15 bits per heavy atom. The predicted octanol–water partition coefficient (Wildman–Crippen LogP) is 3.59. The number of nitrogens with zero attached hydrogens (tertiary/aromatic N) is 3. The molecule has 0 aliphatic rings. The fraction of sp³-hybridized carbons (Fsp3) is 0.0667. The van der Waals surface area contributed by atoms with Gasteiger partial charge in [0.1, 0.15) is 5.82 Å². The van der Waals surface area contributed by atoms with E-state index in [-0.39, 0.29) is 0 Å². The summed E-state index contributed by atoms with van der Waals surface area (Å²) in [5.74, 6) is 1.27. The molecule has 3 rings (SSSR count). The van der Waals surface area contributed by atoms with Crippen LogP contribution in [0.15, 0.2) is 53.1 Å². The first-order valence-electron chi connectivity index (χ1n) is 6.18. The second kappa shape index (κ2) is 5.09. The lowest BCUT2D eigenvalue weighted by molar-refractivity contribution is 0.859. The fourth-order valence-electron chi connectivity index (χ4n) is 2.06. The summed E-state index contributed by atoms with van der Waals surface area (Å²) in [7, 11) is 0. The van der Waals surface area contributed by atoms with Crippen LogP contribution in [0.25, 0.3) is 17.1 Å². The van der Waals surface area contributed by atoms with Crippen LogP contribution in [0.2, 0.25) is 0 Å². The van der Waals surface area contributed by atoms with Crippen molar-refractivity contribution in [2.24, 2.45) is 0 Å². The summed E-state index contributed by atoms with van der Waals surface area (Å²) in [5, 5.41) is 4.55. The zero-order valence-corrected chi connectivity index (χ0v) is 12.5. The van der Waals surface area contributed by atoms with Crippen LogP contribution in [0.1, 0.15) is 5.56 Å². The highest BCUT2D eigenvalue weighted by molar-refractivity contribution is 9.10. The van der Waals surface area contributed by atoms with Crippen molar-refractivity contribution in [1.29, 1.82) is 0 Å². The van der Waals surface area contributed by atoms with E-state index in [9.17, 15) is 0 Å². The van der Waals surface area contributed by atoms with Crippen molar-refractivity contribution < 1.29 is 0 Å². The van der Waals surface area contributed by atoms with Gasteiger partial charge in [-0.05, 0) is 40.5 Å². The average Bonchev–Trinajstić information content (AvgIpc) is 2.82. The number of halogens is 1. The molecule has 2 N–H and O–H groups in total. The van der Waals surface area contributed by atoms with E-state index in [0.717, 1.165) is 15.7 Å². The molecule has 0 spiro atoms. The van der Waals surface area contributed by atoms with Crippen LogP contribution in [0, 0.1) is 6.92 Å². The van der Waals surface area contributed by atoms with Crippen molar-refractivity contribution in [3.63, 3.8) is 0 Å². The van der Waals surface area contributed by atoms with Gasteiger partial charge < -0.3 is 5.73 Å². The van der Waals surface area contributed by atoms with Crippen LogP contribution in [0.4, 0.5) is 5.82 Å². The molecule has 0 bridgehead atoms. The number of hydrogen-bond acceptors (Lipinski definition) is 3. The second-order valence-electron chi connectivity index (χ2n) is 4.52. The normalized spacial score (nSPS) is 10.7. The topological polar surface area (TPSA) is 56.7 Å². The van der Waals surface area contributed by atoms with E-state index in [2.05, 4.69) is 39.0 Å². The number of aromatic nitrogens is 3. The summed E-state index contributed by atoms with van der Waals surface area (Å²) in [5.41, 5.74) is 9.15. The zero-order valence-electron chi connectivity index (χ0n) is 10.9. The molecule has 0 aliphatic carbocycles. The SMILES string of the molecule is Cc1ccccc1-c1cc(N)n(-c2ccc(Br)cn2)n1. The molecule has 100 valence electrons. The van der Waals surface area contributed by atoms with Gasteiger partial charge in [0, 0.05) is 22.3 Å². The van der Waals surface area contributed by atoms with Gasteiger partial charge in [0.2, 0.25) is 0 Å². The molecular weight excluding hydrogens is 316 g/mol. The lowest BCUT2D eigenvalue weighted by Crippen LogP contribution is -2.03. The maximum absolute atomic E-state index is 6.05. The van der Waals surface area contributed by atoms with E-state index < -0.39 is 0 Å². The number of anilines is 1. The van der Waals surface area contributed by atoms with Crippen molar-refractivity contribution >= 4 is 21.7 Å². The molecule has 1 aromatic carbocycles. The summed E-state index contributed by atoms with van der Waals surface area (Å²) >= 11 is 3.36. The number of nitrogens with two attached hydrogens (primary N) is 1.